The number of amides is 3. The zero-order valence-corrected chi connectivity index (χ0v) is 12.3. The molecule has 6 heteroatoms. The van der Waals surface area contributed by atoms with E-state index in [9.17, 15) is 9.59 Å². The fourth-order valence-corrected chi connectivity index (χ4v) is 1.70. The molecule has 0 atom stereocenters. The molecule has 20 heavy (non-hydrogen) atoms. The Morgan fingerprint density at radius 2 is 2.15 bits per heavy atom. The average Bonchev–Trinajstić information content (AvgIpc) is 2.46. The molecule has 110 valence electrons. The second-order valence-corrected chi connectivity index (χ2v) is 4.59. The predicted octanol–water partition coefficient (Wildman–Crippen LogP) is 0.710. The van der Waals surface area contributed by atoms with Crippen molar-refractivity contribution in [2.75, 3.05) is 27.2 Å². The van der Waals surface area contributed by atoms with Crippen molar-refractivity contribution < 1.29 is 9.59 Å². The van der Waals surface area contributed by atoms with Crippen LogP contribution >= 0.6 is 0 Å². The van der Waals surface area contributed by atoms with Crippen LogP contribution in [0.15, 0.2) is 18.3 Å². The highest BCUT2D eigenvalue weighted by Gasteiger charge is 2.09. The standard InChI is InChI=1S/C14H22N4O2/c1-11-5-4-8-16-12(11)6-9-17-14(20)18(3)10-7-13(19)15-2/h4-5,8H,6-7,9-10H2,1-3H3,(H,15,19)(H,17,20). The second kappa shape index (κ2) is 8.14. The quantitative estimate of drug-likeness (QED) is 0.805. The highest BCUT2D eigenvalue weighted by atomic mass is 16.2. The zero-order chi connectivity index (χ0) is 15.0. The molecule has 1 aromatic rings. The lowest BCUT2D eigenvalue weighted by Gasteiger charge is -2.17. The van der Waals surface area contributed by atoms with Gasteiger partial charge in [-0.25, -0.2) is 4.79 Å². The van der Waals surface area contributed by atoms with Crippen molar-refractivity contribution in [2.45, 2.75) is 19.8 Å². The number of urea groups is 1. The van der Waals surface area contributed by atoms with Crippen LogP contribution in [-0.2, 0) is 11.2 Å². The molecule has 0 saturated heterocycles. The van der Waals surface area contributed by atoms with E-state index in [1.54, 1.807) is 20.3 Å². The summed E-state index contributed by atoms with van der Waals surface area (Å²) in [5.41, 5.74) is 2.11. The number of carbonyl (C=O) groups excluding carboxylic acids is 2. The van der Waals surface area contributed by atoms with Crippen LogP contribution in [-0.4, -0.2) is 49.0 Å². The maximum absolute atomic E-state index is 11.8. The van der Waals surface area contributed by atoms with Crippen LogP contribution in [0, 0.1) is 6.92 Å². The molecular formula is C14H22N4O2. The Hall–Kier alpha value is -2.11. The summed E-state index contributed by atoms with van der Waals surface area (Å²) in [4.78, 5) is 28.7. The first-order chi connectivity index (χ1) is 9.54. The van der Waals surface area contributed by atoms with Crippen molar-refractivity contribution in [1.29, 1.82) is 0 Å². The minimum atomic E-state index is -0.178. The molecule has 0 aliphatic carbocycles. The van der Waals surface area contributed by atoms with Crippen molar-refractivity contribution in [3.8, 4) is 0 Å². The molecule has 0 aliphatic rings. The molecule has 0 aromatic carbocycles. The van der Waals surface area contributed by atoms with Gasteiger partial charge in [0.2, 0.25) is 5.91 Å². The number of hydrogen-bond acceptors (Lipinski definition) is 3. The van der Waals surface area contributed by atoms with Crippen LogP contribution in [0.25, 0.3) is 0 Å². The number of pyridine rings is 1. The van der Waals surface area contributed by atoms with E-state index in [0.717, 1.165) is 11.3 Å². The van der Waals surface area contributed by atoms with Gasteiger partial charge in [0.25, 0.3) is 0 Å². The van der Waals surface area contributed by atoms with Gasteiger partial charge in [-0.3, -0.25) is 9.78 Å². The summed E-state index contributed by atoms with van der Waals surface area (Å²) >= 11 is 0. The smallest absolute Gasteiger partial charge is 0.317 e. The van der Waals surface area contributed by atoms with Crippen LogP contribution in [0.4, 0.5) is 4.79 Å². The summed E-state index contributed by atoms with van der Waals surface area (Å²) in [7, 11) is 3.25. The lowest BCUT2D eigenvalue weighted by atomic mass is 10.2. The summed E-state index contributed by atoms with van der Waals surface area (Å²) in [6.07, 6.45) is 2.75. The number of rotatable bonds is 6. The van der Waals surface area contributed by atoms with Crippen molar-refractivity contribution in [2.24, 2.45) is 0 Å². The molecule has 2 N–H and O–H groups in total. The molecule has 1 heterocycles. The van der Waals surface area contributed by atoms with E-state index < -0.39 is 0 Å². The van der Waals surface area contributed by atoms with Crippen LogP contribution in [0.5, 0.6) is 0 Å². The first kappa shape index (κ1) is 15.9. The van der Waals surface area contributed by atoms with Gasteiger partial charge in [0.1, 0.15) is 0 Å². The summed E-state index contributed by atoms with van der Waals surface area (Å²) in [6, 6.07) is 3.71. The molecule has 0 spiro atoms. The zero-order valence-electron chi connectivity index (χ0n) is 12.3. The summed E-state index contributed by atoms with van der Waals surface area (Å²) < 4.78 is 0. The molecule has 6 nitrogen and oxygen atoms in total. The van der Waals surface area contributed by atoms with Crippen molar-refractivity contribution >= 4 is 11.9 Å². The second-order valence-electron chi connectivity index (χ2n) is 4.59. The van der Waals surface area contributed by atoms with Crippen molar-refractivity contribution in [1.82, 2.24) is 20.5 Å². The number of hydrogen-bond donors (Lipinski definition) is 2. The summed E-state index contributed by atoms with van der Waals surface area (Å²) in [6.45, 7) is 2.93. The lowest BCUT2D eigenvalue weighted by molar-refractivity contribution is -0.120. The Balaban J connectivity index is 2.29. The lowest BCUT2D eigenvalue weighted by Crippen LogP contribution is -2.40. The van der Waals surface area contributed by atoms with Crippen LogP contribution in [0.2, 0.25) is 0 Å². The van der Waals surface area contributed by atoms with E-state index in [-0.39, 0.29) is 11.9 Å². The van der Waals surface area contributed by atoms with E-state index in [0.29, 0.717) is 25.9 Å². The highest BCUT2D eigenvalue weighted by molar-refractivity contribution is 5.77. The molecule has 0 bridgehead atoms. The van der Waals surface area contributed by atoms with E-state index in [1.807, 2.05) is 19.1 Å². The SMILES string of the molecule is CNC(=O)CCN(C)C(=O)NCCc1ncccc1C. The molecular weight excluding hydrogens is 256 g/mol. The molecule has 1 rings (SSSR count). The molecule has 0 unspecified atom stereocenters. The van der Waals surface area contributed by atoms with Gasteiger partial charge in [0.05, 0.1) is 0 Å². The molecule has 0 aliphatic heterocycles. The Morgan fingerprint density at radius 3 is 2.80 bits per heavy atom. The molecule has 3 amide bonds. The number of nitrogens with zero attached hydrogens (tertiary/aromatic N) is 2. The molecule has 0 radical (unpaired) electrons. The normalized spacial score (nSPS) is 9.95. The minimum Gasteiger partial charge on any atom is -0.359 e. The highest BCUT2D eigenvalue weighted by Crippen LogP contribution is 2.03. The Labute approximate surface area is 119 Å². The van der Waals surface area contributed by atoms with Crippen LogP contribution < -0.4 is 10.6 Å². The van der Waals surface area contributed by atoms with E-state index >= 15 is 0 Å². The van der Waals surface area contributed by atoms with Gasteiger partial charge in [-0.05, 0) is 18.6 Å². The number of aryl methyl sites for hydroxylation is 1. The van der Waals surface area contributed by atoms with Crippen LogP contribution in [0.1, 0.15) is 17.7 Å². The molecule has 0 fully saturated rings. The van der Waals surface area contributed by atoms with Crippen molar-refractivity contribution in [3.05, 3.63) is 29.6 Å². The first-order valence-electron chi connectivity index (χ1n) is 6.64. The third kappa shape index (κ3) is 5.26. The Kier molecular flexibility index (Phi) is 6.49. The largest absolute Gasteiger partial charge is 0.359 e. The fraction of sp³-hybridized carbons (Fsp3) is 0.500. The third-order valence-corrected chi connectivity index (χ3v) is 3.06. The van der Waals surface area contributed by atoms with Gasteiger partial charge >= 0.3 is 6.03 Å². The molecule has 1 aromatic heterocycles. The maximum Gasteiger partial charge on any atom is 0.317 e. The monoisotopic (exact) mass is 278 g/mol. The van der Waals surface area contributed by atoms with Gasteiger partial charge in [0, 0.05) is 51.9 Å². The van der Waals surface area contributed by atoms with E-state index in [4.69, 9.17) is 0 Å². The number of aromatic nitrogens is 1. The third-order valence-electron chi connectivity index (χ3n) is 3.06. The molecule has 0 saturated carbocycles. The summed E-state index contributed by atoms with van der Waals surface area (Å²) in [5, 5.41) is 5.34. The predicted molar refractivity (Wildman–Crippen MR) is 77.4 cm³/mol. The van der Waals surface area contributed by atoms with Gasteiger partial charge in [0.15, 0.2) is 0 Å². The maximum atomic E-state index is 11.8. The topological polar surface area (TPSA) is 74.3 Å². The van der Waals surface area contributed by atoms with Crippen LogP contribution in [0.3, 0.4) is 0 Å². The van der Waals surface area contributed by atoms with E-state index in [2.05, 4.69) is 15.6 Å². The minimum absolute atomic E-state index is 0.0752. The number of nitrogens with one attached hydrogen (secondary N) is 2. The van der Waals surface area contributed by atoms with Gasteiger partial charge in [-0.15, -0.1) is 0 Å². The fourth-order valence-electron chi connectivity index (χ4n) is 1.70. The average molecular weight is 278 g/mol. The van der Waals surface area contributed by atoms with Gasteiger partial charge in [-0.2, -0.15) is 0 Å². The van der Waals surface area contributed by atoms with Gasteiger partial charge in [-0.1, -0.05) is 6.07 Å². The Bertz CT molecular complexity index is 462. The van der Waals surface area contributed by atoms with E-state index in [1.165, 1.54) is 4.90 Å². The van der Waals surface area contributed by atoms with Crippen molar-refractivity contribution in [3.63, 3.8) is 0 Å². The first-order valence-corrected chi connectivity index (χ1v) is 6.64. The summed E-state index contributed by atoms with van der Waals surface area (Å²) in [5.74, 6) is -0.0752. The number of carbonyl (C=O) groups is 2. The van der Waals surface area contributed by atoms with Gasteiger partial charge < -0.3 is 15.5 Å². The Morgan fingerprint density at radius 1 is 1.40 bits per heavy atom.